The monoisotopic (exact) mass is 342 g/mol. The van der Waals surface area contributed by atoms with Crippen LogP contribution in [-0.2, 0) is 18.7 Å². The van der Waals surface area contributed by atoms with Crippen LogP contribution in [0.3, 0.4) is 0 Å². The number of aromatic nitrogens is 3. The summed E-state index contributed by atoms with van der Waals surface area (Å²) < 4.78 is 1.69. The predicted molar refractivity (Wildman–Crippen MR) is 97.7 cm³/mol. The Hall–Kier alpha value is -1.82. The summed E-state index contributed by atoms with van der Waals surface area (Å²) in [6.07, 6.45) is 5.09. The van der Waals surface area contributed by atoms with Gasteiger partial charge in [0, 0.05) is 48.4 Å². The topological polar surface area (TPSA) is 51.0 Å². The van der Waals surface area contributed by atoms with Gasteiger partial charge in [0.15, 0.2) is 0 Å². The van der Waals surface area contributed by atoms with Crippen LogP contribution in [0.15, 0.2) is 29.2 Å². The molecule has 2 aliphatic rings. The number of aryl methyl sites for hydroxylation is 2. The average molecular weight is 342 g/mol. The maximum atomic E-state index is 12.4. The summed E-state index contributed by atoms with van der Waals surface area (Å²) in [5.74, 6) is 2.02. The van der Waals surface area contributed by atoms with E-state index in [1.54, 1.807) is 10.7 Å². The third kappa shape index (κ3) is 3.07. The standard InChI is InChI=1S/C18H22N4OS/c1-13-9-15(4-6-19-13)21-7-2-3-16(21)11-22-18(23)10-14-12-24-8-5-17(14)20-22/h4,6,9-10,16H,2-3,5,7-8,11-12H2,1H3. The van der Waals surface area contributed by atoms with Crippen LogP contribution in [0, 0.1) is 6.92 Å². The number of fused-ring (bicyclic) bond motifs is 1. The van der Waals surface area contributed by atoms with Crippen molar-refractivity contribution in [1.29, 1.82) is 0 Å². The zero-order valence-electron chi connectivity index (χ0n) is 13.9. The molecule has 1 atom stereocenters. The van der Waals surface area contributed by atoms with Gasteiger partial charge in [-0.1, -0.05) is 0 Å². The van der Waals surface area contributed by atoms with E-state index in [1.807, 2.05) is 24.9 Å². The molecular formula is C18H22N4OS. The van der Waals surface area contributed by atoms with E-state index in [2.05, 4.69) is 27.1 Å². The quantitative estimate of drug-likeness (QED) is 0.857. The van der Waals surface area contributed by atoms with Crippen LogP contribution in [0.2, 0.25) is 0 Å². The van der Waals surface area contributed by atoms with E-state index in [1.165, 1.54) is 5.69 Å². The molecule has 0 bridgehead atoms. The molecule has 2 aromatic rings. The Bertz CT molecular complexity index is 804. The van der Waals surface area contributed by atoms with Gasteiger partial charge >= 0.3 is 0 Å². The number of hydrogen-bond acceptors (Lipinski definition) is 5. The first kappa shape index (κ1) is 15.7. The second-order valence-electron chi connectivity index (χ2n) is 6.58. The van der Waals surface area contributed by atoms with Crippen molar-refractivity contribution in [3.8, 4) is 0 Å². The molecule has 4 rings (SSSR count). The second kappa shape index (κ2) is 6.59. The molecule has 2 aliphatic heterocycles. The maximum absolute atomic E-state index is 12.4. The summed E-state index contributed by atoms with van der Waals surface area (Å²) >= 11 is 1.88. The minimum absolute atomic E-state index is 0.0361. The van der Waals surface area contributed by atoms with Crippen LogP contribution in [0.1, 0.15) is 29.8 Å². The molecule has 0 amide bonds. The molecule has 0 aliphatic carbocycles. The zero-order valence-corrected chi connectivity index (χ0v) is 14.8. The summed E-state index contributed by atoms with van der Waals surface area (Å²) in [5.41, 5.74) is 4.50. The lowest BCUT2D eigenvalue weighted by molar-refractivity contribution is 0.481. The van der Waals surface area contributed by atoms with E-state index in [-0.39, 0.29) is 5.56 Å². The van der Waals surface area contributed by atoms with Gasteiger partial charge < -0.3 is 4.90 Å². The fourth-order valence-electron chi connectivity index (χ4n) is 3.66. The third-order valence-electron chi connectivity index (χ3n) is 4.88. The predicted octanol–water partition coefficient (Wildman–Crippen LogP) is 2.41. The van der Waals surface area contributed by atoms with E-state index >= 15 is 0 Å². The van der Waals surface area contributed by atoms with Crippen LogP contribution >= 0.6 is 11.8 Å². The van der Waals surface area contributed by atoms with Crippen molar-refractivity contribution in [2.75, 3.05) is 17.2 Å². The first-order chi connectivity index (χ1) is 11.7. The van der Waals surface area contributed by atoms with Crippen LogP contribution in [0.4, 0.5) is 5.69 Å². The first-order valence-corrected chi connectivity index (χ1v) is 9.73. The van der Waals surface area contributed by atoms with Gasteiger partial charge in [0.05, 0.1) is 12.2 Å². The van der Waals surface area contributed by atoms with Gasteiger partial charge in [-0.25, -0.2) is 4.68 Å². The van der Waals surface area contributed by atoms with Gasteiger partial charge in [0.25, 0.3) is 5.56 Å². The highest BCUT2D eigenvalue weighted by molar-refractivity contribution is 7.98. The number of thioether (sulfide) groups is 1. The van der Waals surface area contributed by atoms with Gasteiger partial charge in [0.2, 0.25) is 0 Å². The van der Waals surface area contributed by atoms with Crippen molar-refractivity contribution >= 4 is 17.4 Å². The molecule has 1 fully saturated rings. The lowest BCUT2D eigenvalue weighted by Gasteiger charge is -2.27. The van der Waals surface area contributed by atoms with E-state index in [0.29, 0.717) is 12.6 Å². The SMILES string of the molecule is Cc1cc(N2CCCC2Cn2nc3c(cc2=O)CSCC3)ccn1. The van der Waals surface area contributed by atoms with Gasteiger partial charge in [-0.3, -0.25) is 9.78 Å². The molecular weight excluding hydrogens is 320 g/mol. The highest BCUT2D eigenvalue weighted by Crippen LogP contribution is 2.27. The van der Waals surface area contributed by atoms with Crippen molar-refractivity contribution in [1.82, 2.24) is 14.8 Å². The van der Waals surface area contributed by atoms with E-state index in [0.717, 1.165) is 54.3 Å². The van der Waals surface area contributed by atoms with Crippen LogP contribution in [0.5, 0.6) is 0 Å². The Morgan fingerprint density at radius 3 is 3.17 bits per heavy atom. The van der Waals surface area contributed by atoms with Crippen molar-refractivity contribution in [3.05, 3.63) is 51.7 Å². The minimum Gasteiger partial charge on any atom is -0.367 e. The van der Waals surface area contributed by atoms with Crippen LogP contribution in [-0.4, -0.2) is 33.1 Å². The molecule has 0 spiro atoms. The van der Waals surface area contributed by atoms with Gasteiger partial charge in [0.1, 0.15) is 0 Å². The maximum Gasteiger partial charge on any atom is 0.267 e. The summed E-state index contributed by atoms with van der Waals surface area (Å²) in [5, 5.41) is 4.67. The highest BCUT2D eigenvalue weighted by Gasteiger charge is 2.26. The fraction of sp³-hybridized carbons (Fsp3) is 0.500. The molecule has 126 valence electrons. The number of pyridine rings is 1. The highest BCUT2D eigenvalue weighted by atomic mass is 32.2. The van der Waals surface area contributed by atoms with Crippen molar-refractivity contribution in [3.63, 3.8) is 0 Å². The lowest BCUT2D eigenvalue weighted by atomic mass is 10.2. The molecule has 5 nitrogen and oxygen atoms in total. The van der Waals surface area contributed by atoms with Gasteiger partial charge in [-0.15, -0.1) is 0 Å². The number of hydrogen-bond donors (Lipinski definition) is 0. The number of rotatable bonds is 3. The molecule has 0 saturated carbocycles. The molecule has 2 aromatic heterocycles. The van der Waals surface area contributed by atoms with Crippen molar-refractivity contribution < 1.29 is 0 Å². The summed E-state index contributed by atoms with van der Waals surface area (Å²) in [6, 6.07) is 6.31. The van der Waals surface area contributed by atoms with Crippen LogP contribution < -0.4 is 10.5 Å². The van der Waals surface area contributed by atoms with Gasteiger partial charge in [-0.2, -0.15) is 16.9 Å². The first-order valence-electron chi connectivity index (χ1n) is 8.58. The molecule has 1 saturated heterocycles. The Labute approximate surface area is 146 Å². The second-order valence-corrected chi connectivity index (χ2v) is 7.69. The normalized spacial score (nSPS) is 20.2. The van der Waals surface area contributed by atoms with Crippen molar-refractivity contribution in [2.24, 2.45) is 0 Å². The Kier molecular flexibility index (Phi) is 4.31. The fourth-order valence-corrected chi connectivity index (χ4v) is 4.61. The Balaban J connectivity index is 1.59. The third-order valence-corrected chi connectivity index (χ3v) is 5.89. The molecule has 4 heterocycles. The number of anilines is 1. The van der Waals surface area contributed by atoms with E-state index in [4.69, 9.17) is 0 Å². The minimum atomic E-state index is 0.0361. The molecule has 0 N–H and O–H groups in total. The van der Waals surface area contributed by atoms with Crippen LogP contribution in [0.25, 0.3) is 0 Å². The van der Waals surface area contributed by atoms with E-state index < -0.39 is 0 Å². The summed E-state index contributed by atoms with van der Waals surface area (Å²) in [4.78, 5) is 19.1. The Morgan fingerprint density at radius 1 is 1.38 bits per heavy atom. The zero-order chi connectivity index (χ0) is 16.5. The lowest BCUT2D eigenvalue weighted by Crippen LogP contribution is -2.38. The average Bonchev–Trinajstić information content (AvgIpc) is 3.04. The van der Waals surface area contributed by atoms with Crippen molar-refractivity contribution in [2.45, 2.75) is 44.5 Å². The molecule has 24 heavy (non-hydrogen) atoms. The van der Waals surface area contributed by atoms with E-state index in [9.17, 15) is 4.79 Å². The summed E-state index contributed by atoms with van der Waals surface area (Å²) in [6.45, 7) is 3.72. The smallest absolute Gasteiger partial charge is 0.267 e. The summed E-state index contributed by atoms with van der Waals surface area (Å²) in [7, 11) is 0. The largest absolute Gasteiger partial charge is 0.367 e. The molecule has 6 heteroatoms. The number of nitrogens with zero attached hydrogens (tertiary/aromatic N) is 4. The molecule has 1 unspecified atom stereocenters. The molecule has 0 radical (unpaired) electrons. The Morgan fingerprint density at radius 2 is 2.29 bits per heavy atom. The van der Waals surface area contributed by atoms with Gasteiger partial charge in [-0.05, 0) is 43.2 Å². The molecule has 0 aromatic carbocycles.